The van der Waals surface area contributed by atoms with E-state index in [1.807, 2.05) is 12.3 Å². The van der Waals surface area contributed by atoms with Gasteiger partial charge < -0.3 is 11.5 Å². The van der Waals surface area contributed by atoms with Crippen molar-refractivity contribution >= 4 is 5.69 Å². The van der Waals surface area contributed by atoms with Crippen molar-refractivity contribution in [3.05, 3.63) is 24.0 Å². The maximum atomic E-state index is 5.94. The molecule has 0 radical (unpaired) electrons. The van der Waals surface area contributed by atoms with E-state index in [1.54, 1.807) is 6.20 Å². The van der Waals surface area contributed by atoms with Crippen molar-refractivity contribution in [1.82, 2.24) is 4.98 Å². The summed E-state index contributed by atoms with van der Waals surface area (Å²) in [6.07, 6.45) is 9.00. The predicted octanol–water partition coefficient (Wildman–Crippen LogP) is 2.11. The lowest BCUT2D eigenvalue weighted by atomic mass is 10.0. The monoisotopic (exact) mass is 207 g/mol. The number of nitrogens with two attached hydrogens (primary N) is 2. The zero-order chi connectivity index (χ0) is 11.1. The molecule has 3 nitrogen and oxygen atoms in total. The van der Waals surface area contributed by atoms with E-state index in [9.17, 15) is 0 Å². The van der Waals surface area contributed by atoms with Gasteiger partial charge in [-0.25, -0.2) is 0 Å². The molecule has 15 heavy (non-hydrogen) atoms. The number of hydrogen-bond donors (Lipinski definition) is 2. The van der Waals surface area contributed by atoms with E-state index in [0.717, 1.165) is 43.4 Å². The van der Waals surface area contributed by atoms with Crippen molar-refractivity contribution in [3.8, 4) is 0 Å². The van der Waals surface area contributed by atoms with Gasteiger partial charge in [-0.2, -0.15) is 0 Å². The Labute approximate surface area is 91.9 Å². The molecule has 0 aliphatic carbocycles. The number of aromatic nitrogens is 1. The molecule has 84 valence electrons. The summed E-state index contributed by atoms with van der Waals surface area (Å²) < 4.78 is 0. The number of nitrogens with zero attached hydrogens (tertiary/aromatic N) is 1. The van der Waals surface area contributed by atoms with Crippen LogP contribution in [0.25, 0.3) is 0 Å². The number of aryl methyl sites for hydroxylation is 1. The van der Waals surface area contributed by atoms with Gasteiger partial charge in [-0.05, 0) is 37.3 Å². The van der Waals surface area contributed by atoms with Crippen LogP contribution in [0.5, 0.6) is 0 Å². The maximum Gasteiger partial charge on any atom is 0.0377 e. The molecule has 0 aromatic carbocycles. The van der Waals surface area contributed by atoms with Gasteiger partial charge >= 0.3 is 0 Å². The first-order valence-corrected chi connectivity index (χ1v) is 5.68. The van der Waals surface area contributed by atoms with Crippen LogP contribution in [0.3, 0.4) is 0 Å². The fourth-order valence-corrected chi connectivity index (χ4v) is 1.72. The topological polar surface area (TPSA) is 64.9 Å². The van der Waals surface area contributed by atoms with E-state index in [0.29, 0.717) is 6.04 Å². The summed E-state index contributed by atoms with van der Waals surface area (Å²) in [4.78, 5) is 4.07. The number of pyridine rings is 1. The van der Waals surface area contributed by atoms with Crippen LogP contribution >= 0.6 is 0 Å². The van der Waals surface area contributed by atoms with Crippen LogP contribution in [0.2, 0.25) is 0 Å². The highest BCUT2D eigenvalue weighted by Crippen LogP contribution is 2.13. The molecule has 0 spiro atoms. The normalized spacial score (nSPS) is 12.7. The highest BCUT2D eigenvalue weighted by Gasteiger charge is 2.02. The largest absolute Gasteiger partial charge is 0.398 e. The van der Waals surface area contributed by atoms with Crippen LogP contribution in [-0.4, -0.2) is 11.0 Å². The summed E-state index contributed by atoms with van der Waals surface area (Å²) in [5.41, 5.74) is 13.7. The lowest BCUT2D eigenvalue weighted by Crippen LogP contribution is -2.19. The third kappa shape index (κ3) is 4.30. The lowest BCUT2D eigenvalue weighted by molar-refractivity contribution is 0.539. The molecule has 1 heterocycles. The number of rotatable bonds is 6. The fourth-order valence-electron chi connectivity index (χ4n) is 1.72. The van der Waals surface area contributed by atoms with Gasteiger partial charge in [0, 0.05) is 24.1 Å². The van der Waals surface area contributed by atoms with E-state index in [4.69, 9.17) is 11.5 Å². The molecule has 4 N–H and O–H groups in total. The van der Waals surface area contributed by atoms with Gasteiger partial charge in [-0.15, -0.1) is 0 Å². The van der Waals surface area contributed by atoms with Gasteiger partial charge in [-0.3, -0.25) is 4.98 Å². The van der Waals surface area contributed by atoms with Crippen molar-refractivity contribution in [2.45, 2.75) is 45.1 Å². The average molecular weight is 207 g/mol. The molecule has 0 bridgehead atoms. The van der Waals surface area contributed by atoms with Crippen molar-refractivity contribution in [2.24, 2.45) is 5.73 Å². The molecule has 3 heteroatoms. The van der Waals surface area contributed by atoms with Gasteiger partial charge in [0.1, 0.15) is 0 Å². The van der Waals surface area contributed by atoms with Crippen LogP contribution in [0.15, 0.2) is 18.5 Å². The molecule has 0 saturated carbocycles. The highest BCUT2D eigenvalue weighted by molar-refractivity contribution is 5.44. The van der Waals surface area contributed by atoms with Crippen molar-refractivity contribution in [1.29, 1.82) is 0 Å². The number of nitrogen functional groups attached to an aromatic ring is 1. The Hall–Kier alpha value is -1.09. The summed E-state index contributed by atoms with van der Waals surface area (Å²) in [5.74, 6) is 0. The summed E-state index contributed by atoms with van der Waals surface area (Å²) in [6.45, 7) is 2.17. The van der Waals surface area contributed by atoms with Crippen LogP contribution in [0.1, 0.15) is 38.2 Å². The maximum absolute atomic E-state index is 5.94. The first-order valence-electron chi connectivity index (χ1n) is 5.68. The van der Waals surface area contributed by atoms with Crippen LogP contribution in [0.4, 0.5) is 5.69 Å². The van der Waals surface area contributed by atoms with Gasteiger partial charge in [0.25, 0.3) is 0 Å². The minimum atomic E-state index is 0.341. The van der Waals surface area contributed by atoms with Gasteiger partial charge in [-0.1, -0.05) is 13.3 Å². The van der Waals surface area contributed by atoms with Gasteiger partial charge in [0.15, 0.2) is 0 Å². The Morgan fingerprint density at radius 2 is 2.20 bits per heavy atom. The molecule has 0 fully saturated rings. The molecular weight excluding hydrogens is 186 g/mol. The summed E-state index contributed by atoms with van der Waals surface area (Å²) in [5, 5.41) is 0. The van der Waals surface area contributed by atoms with Crippen LogP contribution in [0, 0.1) is 0 Å². The van der Waals surface area contributed by atoms with E-state index in [1.165, 1.54) is 0 Å². The molecule has 0 saturated heterocycles. The molecule has 1 atom stereocenters. The predicted molar refractivity (Wildman–Crippen MR) is 64.5 cm³/mol. The Balaban J connectivity index is 2.29. The van der Waals surface area contributed by atoms with Gasteiger partial charge in [0.05, 0.1) is 0 Å². The third-order valence-electron chi connectivity index (χ3n) is 2.62. The van der Waals surface area contributed by atoms with E-state index in [2.05, 4.69) is 11.9 Å². The smallest absolute Gasteiger partial charge is 0.0377 e. The minimum Gasteiger partial charge on any atom is -0.398 e. The fraction of sp³-hybridized carbons (Fsp3) is 0.583. The molecular formula is C12H21N3. The Morgan fingerprint density at radius 1 is 1.40 bits per heavy atom. The first-order chi connectivity index (χ1) is 7.24. The van der Waals surface area contributed by atoms with E-state index in [-0.39, 0.29) is 0 Å². The molecule has 0 amide bonds. The second-order valence-corrected chi connectivity index (χ2v) is 4.02. The van der Waals surface area contributed by atoms with Gasteiger partial charge in [0.2, 0.25) is 0 Å². The summed E-state index contributed by atoms with van der Waals surface area (Å²) in [6, 6.07) is 2.19. The molecule has 1 aromatic heterocycles. The SMILES string of the molecule is CCCC(N)CCCc1cnccc1N. The van der Waals surface area contributed by atoms with Crippen LogP contribution < -0.4 is 11.5 Å². The lowest BCUT2D eigenvalue weighted by Gasteiger charge is -2.10. The van der Waals surface area contributed by atoms with Crippen LogP contribution in [-0.2, 0) is 6.42 Å². The Kier molecular flexibility index (Phi) is 5.12. The zero-order valence-electron chi connectivity index (χ0n) is 9.45. The van der Waals surface area contributed by atoms with Crippen molar-refractivity contribution < 1.29 is 0 Å². The summed E-state index contributed by atoms with van der Waals surface area (Å²) >= 11 is 0. The highest BCUT2D eigenvalue weighted by atomic mass is 14.7. The quantitative estimate of drug-likeness (QED) is 0.751. The van der Waals surface area contributed by atoms with E-state index >= 15 is 0 Å². The third-order valence-corrected chi connectivity index (χ3v) is 2.62. The second kappa shape index (κ2) is 6.40. The average Bonchev–Trinajstić information content (AvgIpc) is 2.21. The molecule has 0 aliphatic rings. The number of anilines is 1. The Morgan fingerprint density at radius 3 is 2.87 bits per heavy atom. The molecule has 1 aromatic rings. The molecule has 1 rings (SSSR count). The summed E-state index contributed by atoms with van der Waals surface area (Å²) in [7, 11) is 0. The minimum absolute atomic E-state index is 0.341. The first kappa shape index (κ1) is 12.0. The molecule has 1 unspecified atom stereocenters. The van der Waals surface area contributed by atoms with Crippen molar-refractivity contribution in [2.75, 3.05) is 5.73 Å². The van der Waals surface area contributed by atoms with E-state index < -0.39 is 0 Å². The second-order valence-electron chi connectivity index (χ2n) is 4.02. The van der Waals surface area contributed by atoms with Crippen molar-refractivity contribution in [3.63, 3.8) is 0 Å². The Bertz CT molecular complexity index is 286. The standard InChI is InChI=1S/C12H21N3/c1-2-4-11(13)6-3-5-10-9-15-8-7-12(10)14/h7-9,11H,2-6,13H2,1H3,(H2,14,15). The number of hydrogen-bond acceptors (Lipinski definition) is 3. The zero-order valence-corrected chi connectivity index (χ0v) is 9.45. The molecule has 0 aliphatic heterocycles.